The fourth-order valence-corrected chi connectivity index (χ4v) is 7.82. The summed E-state index contributed by atoms with van der Waals surface area (Å²) in [5, 5.41) is 9.65. The van der Waals surface area contributed by atoms with Gasteiger partial charge >= 0.3 is 11.9 Å². The van der Waals surface area contributed by atoms with Crippen molar-refractivity contribution in [2.45, 2.75) is 251 Å². The van der Waals surface area contributed by atoms with Crippen molar-refractivity contribution in [3.63, 3.8) is 0 Å². The Labute approximate surface area is 456 Å². The molecule has 0 saturated heterocycles. The van der Waals surface area contributed by atoms with Crippen molar-refractivity contribution >= 4 is 11.9 Å². The molecule has 0 aromatic heterocycles. The van der Waals surface area contributed by atoms with E-state index in [0.29, 0.717) is 12.8 Å². The molecule has 0 saturated carbocycles. The minimum atomic E-state index is -0.791. The summed E-state index contributed by atoms with van der Waals surface area (Å²) in [6, 6.07) is 0. The van der Waals surface area contributed by atoms with E-state index in [4.69, 9.17) is 9.47 Å². The smallest absolute Gasteiger partial charge is 0.306 e. The van der Waals surface area contributed by atoms with Crippen LogP contribution in [-0.2, 0) is 19.1 Å². The number of allylic oxidation sites excluding steroid dienone is 26. The van der Waals surface area contributed by atoms with Crippen LogP contribution in [0.4, 0.5) is 0 Å². The van der Waals surface area contributed by atoms with Crippen LogP contribution in [0.3, 0.4) is 0 Å². The first-order valence-electron chi connectivity index (χ1n) is 30.0. The minimum absolute atomic E-state index is 0.0827. The second kappa shape index (κ2) is 62.8. The Balaban J connectivity index is 3.60. The average Bonchev–Trinajstić information content (AvgIpc) is 3.40. The van der Waals surface area contributed by atoms with Crippen molar-refractivity contribution in [2.75, 3.05) is 13.2 Å². The van der Waals surface area contributed by atoms with Gasteiger partial charge in [-0.1, -0.05) is 262 Å². The average molecular weight is 1020 g/mol. The molecule has 0 spiro atoms. The summed E-state index contributed by atoms with van der Waals surface area (Å²) >= 11 is 0. The highest BCUT2D eigenvalue weighted by atomic mass is 16.6. The first kappa shape index (κ1) is 69.5. The van der Waals surface area contributed by atoms with Gasteiger partial charge in [0, 0.05) is 12.8 Å². The molecule has 0 heterocycles. The molecule has 5 heteroatoms. The van der Waals surface area contributed by atoms with Crippen molar-refractivity contribution in [2.24, 2.45) is 0 Å². The molecule has 0 aliphatic heterocycles. The van der Waals surface area contributed by atoms with Gasteiger partial charge in [-0.15, -0.1) is 0 Å². The van der Waals surface area contributed by atoms with Gasteiger partial charge in [-0.2, -0.15) is 0 Å². The lowest BCUT2D eigenvalue weighted by Gasteiger charge is -2.15. The van der Waals surface area contributed by atoms with Gasteiger partial charge in [-0.25, -0.2) is 0 Å². The summed E-state index contributed by atoms with van der Waals surface area (Å²) in [5.41, 5.74) is 0. The summed E-state index contributed by atoms with van der Waals surface area (Å²) in [4.78, 5) is 24.5. The molecule has 0 aliphatic carbocycles. The van der Waals surface area contributed by atoms with Crippen LogP contribution in [0.5, 0.6) is 0 Å². The zero-order valence-electron chi connectivity index (χ0n) is 47.5. The fourth-order valence-electron chi connectivity index (χ4n) is 7.82. The van der Waals surface area contributed by atoms with Gasteiger partial charge < -0.3 is 14.6 Å². The number of carbonyl (C=O) groups is 2. The summed E-state index contributed by atoms with van der Waals surface area (Å²) in [6.45, 7) is 3.98. The normalized spacial score (nSPS) is 13.4. The Morgan fingerprint density at radius 3 is 0.878 bits per heavy atom. The Bertz CT molecular complexity index is 1620. The number of rotatable bonds is 53. The van der Waals surface area contributed by atoms with E-state index in [-0.39, 0.29) is 25.2 Å². The number of esters is 2. The summed E-state index contributed by atoms with van der Waals surface area (Å²) in [6.07, 6.45) is 96.4. The van der Waals surface area contributed by atoms with Gasteiger partial charge in [0.05, 0.1) is 6.61 Å². The number of ether oxygens (including phenoxy) is 2. The molecule has 74 heavy (non-hydrogen) atoms. The zero-order chi connectivity index (χ0) is 53.4. The quantitative estimate of drug-likeness (QED) is 0.0373. The topological polar surface area (TPSA) is 72.8 Å². The SMILES string of the molecule is CC/C=C\C/C=C\C/C=C\C/C=C\C/C=C\C/C=C\C/C=C\C/C=C\C/C=C\C/C=C\CCCCCCCCCCCCC(=O)OC(CO)COC(=O)CCCCCCCC/C=C\C/C=C\C/C=C\CCCCC. The maximum atomic E-state index is 12.3. The van der Waals surface area contributed by atoms with E-state index in [1.165, 1.54) is 96.3 Å². The van der Waals surface area contributed by atoms with E-state index in [1.54, 1.807) is 0 Å². The van der Waals surface area contributed by atoms with Crippen LogP contribution in [0.25, 0.3) is 0 Å². The standard InChI is InChI=1S/C69H110O5/c1-3-5-7-9-11-13-15-17-19-21-23-24-25-26-27-28-29-30-31-32-33-34-35-36-37-38-39-40-41-42-43-44-46-48-50-52-54-56-58-60-62-64-69(72)74-67(65-70)66-73-68(71)63-61-59-57-55-53-51-49-47-45-22-20-18-16-14-12-10-8-6-4-2/h5,7,11-14,17-20,23-24,26-27,29-30,32-33,35-36,38-39,41-42,45,47,67,70H,3-4,6,8-10,15-16,21-22,25,28,31,34,37,40,43-44,46,48-66H2,1-2H3/b7-5-,13-11-,14-12-,19-17-,20-18-,24-23-,27-26-,30-29-,33-32-,36-35-,39-38-,42-41-,47-45-. The number of aliphatic hydroxyl groups excluding tert-OH is 1. The molecule has 416 valence electrons. The first-order chi connectivity index (χ1) is 36.6. The molecule has 0 rings (SSSR count). The number of carbonyl (C=O) groups excluding carboxylic acids is 2. The molecule has 0 aromatic carbocycles. The lowest BCUT2D eigenvalue weighted by atomic mass is 10.0. The third-order valence-corrected chi connectivity index (χ3v) is 12.3. The van der Waals surface area contributed by atoms with Crippen molar-refractivity contribution < 1.29 is 24.2 Å². The monoisotopic (exact) mass is 1020 g/mol. The van der Waals surface area contributed by atoms with Crippen molar-refractivity contribution in [1.82, 2.24) is 0 Å². The second-order valence-corrected chi connectivity index (χ2v) is 19.3. The Hall–Kier alpha value is -4.48. The van der Waals surface area contributed by atoms with E-state index in [9.17, 15) is 14.7 Å². The second-order valence-electron chi connectivity index (χ2n) is 19.3. The van der Waals surface area contributed by atoms with E-state index < -0.39 is 6.10 Å². The molecule has 0 aromatic rings. The van der Waals surface area contributed by atoms with Crippen LogP contribution in [-0.4, -0.2) is 36.4 Å². The number of hydrogen-bond donors (Lipinski definition) is 1. The van der Waals surface area contributed by atoms with Crippen LogP contribution in [0.2, 0.25) is 0 Å². The highest BCUT2D eigenvalue weighted by molar-refractivity contribution is 5.70. The molecular formula is C69H110O5. The van der Waals surface area contributed by atoms with Gasteiger partial charge in [0.2, 0.25) is 0 Å². The predicted octanol–water partition coefficient (Wildman–Crippen LogP) is 20.7. The lowest BCUT2D eigenvalue weighted by molar-refractivity contribution is -0.161. The summed E-state index contributed by atoms with van der Waals surface area (Å²) in [5.74, 6) is -0.618. The van der Waals surface area contributed by atoms with Crippen molar-refractivity contribution in [1.29, 1.82) is 0 Å². The molecule has 1 unspecified atom stereocenters. The number of unbranched alkanes of at least 4 members (excludes halogenated alkanes) is 19. The Kier molecular flexibility index (Phi) is 59.0. The fraction of sp³-hybridized carbons (Fsp3) is 0.594. The van der Waals surface area contributed by atoms with E-state index >= 15 is 0 Å². The predicted molar refractivity (Wildman–Crippen MR) is 324 cm³/mol. The zero-order valence-corrected chi connectivity index (χ0v) is 47.5. The molecule has 0 radical (unpaired) electrons. The molecule has 0 fully saturated rings. The van der Waals surface area contributed by atoms with E-state index in [0.717, 1.165) is 122 Å². The third-order valence-electron chi connectivity index (χ3n) is 12.3. The molecule has 0 aliphatic rings. The number of hydrogen-bond acceptors (Lipinski definition) is 5. The van der Waals surface area contributed by atoms with Crippen LogP contribution in [0, 0.1) is 0 Å². The van der Waals surface area contributed by atoms with E-state index in [2.05, 4.69) is 172 Å². The van der Waals surface area contributed by atoms with E-state index in [1.807, 2.05) is 0 Å². The van der Waals surface area contributed by atoms with Gasteiger partial charge in [-0.3, -0.25) is 9.59 Å². The van der Waals surface area contributed by atoms with Gasteiger partial charge in [0.15, 0.2) is 6.10 Å². The van der Waals surface area contributed by atoms with Crippen LogP contribution in [0.1, 0.15) is 245 Å². The molecular weight excluding hydrogens is 909 g/mol. The summed E-state index contributed by atoms with van der Waals surface area (Å²) < 4.78 is 10.7. The van der Waals surface area contributed by atoms with Crippen LogP contribution >= 0.6 is 0 Å². The Morgan fingerprint density at radius 1 is 0.324 bits per heavy atom. The van der Waals surface area contributed by atoms with Gasteiger partial charge in [0.25, 0.3) is 0 Å². The Morgan fingerprint density at radius 2 is 0.581 bits per heavy atom. The minimum Gasteiger partial charge on any atom is -0.462 e. The van der Waals surface area contributed by atoms with Crippen LogP contribution in [0.15, 0.2) is 158 Å². The van der Waals surface area contributed by atoms with Gasteiger partial charge in [-0.05, 0) is 128 Å². The maximum Gasteiger partial charge on any atom is 0.306 e. The largest absolute Gasteiger partial charge is 0.462 e. The lowest BCUT2D eigenvalue weighted by Crippen LogP contribution is -2.28. The van der Waals surface area contributed by atoms with Gasteiger partial charge in [0.1, 0.15) is 6.61 Å². The van der Waals surface area contributed by atoms with Crippen LogP contribution < -0.4 is 0 Å². The van der Waals surface area contributed by atoms with Crippen molar-refractivity contribution in [3.05, 3.63) is 158 Å². The van der Waals surface area contributed by atoms with Crippen molar-refractivity contribution in [3.8, 4) is 0 Å². The highest BCUT2D eigenvalue weighted by Gasteiger charge is 2.16. The summed E-state index contributed by atoms with van der Waals surface area (Å²) in [7, 11) is 0. The maximum absolute atomic E-state index is 12.3. The molecule has 5 nitrogen and oxygen atoms in total. The third kappa shape index (κ3) is 60.1. The highest BCUT2D eigenvalue weighted by Crippen LogP contribution is 2.14. The first-order valence-corrected chi connectivity index (χ1v) is 30.0. The molecule has 0 bridgehead atoms. The molecule has 0 amide bonds. The molecule has 1 N–H and O–H groups in total. The molecule has 1 atom stereocenters. The number of aliphatic hydroxyl groups is 1.